The summed E-state index contributed by atoms with van der Waals surface area (Å²) in [6.07, 6.45) is 2.24. The zero-order valence-electron chi connectivity index (χ0n) is 14.2. The molecule has 1 aromatic heterocycles. The average molecular weight is 363 g/mol. The topological polar surface area (TPSA) is 78.7 Å². The van der Waals surface area contributed by atoms with Gasteiger partial charge in [0.25, 0.3) is 5.91 Å². The van der Waals surface area contributed by atoms with Crippen LogP contribution in [-0.2, 0) is 6.42 Å². The molecule has 1 amide bonds. The molecule has 0 fully saturated rings. The minimum Gasteiger partial charge on any atom is -0.459 e. The van der Waals surface area contributed by atoms with Gasteiger partial charge in [-0.2, -0.15) is 0 Å². The van der Waals surface area contributed by atoms with Crippen molar-refractivity contribution in [3.63, 3.8) is 0 Å². The second-order valence-electron chi connectivity index (χ2n) is 5.26. The highest BCUT2D eigenvalue weighted by Gasteiger charge is 2.06. The number of nitrogens with one attached hydrogen (secondary N) is 3. The number of rotatable bonds is 8. The summed E-state index contributed by atoms with van der Waals surface area (Å²) in [5.41, 5.74) is 1.08. The van der Waals surface area contributed by atoms with Gasteiger partial charge in [-0.15, -0.1) is 0 Å². The van der Waals surface area contributed by atoms with Crippen LogP contribution >= 0.6 is 11.6 Å². The lowest BCUT2D eigenvalue weighted by atomic mass is 10.1. The summed E-state index contributed by atoms with van der Waals surface area (Å²) in [5, 5.41) is 9.89. The number of furan rings is 1. The quantitative estimate of drug-likeness (QED) is 0.383. The third-order valence-corrected chi connectivity index (χ3v) is 3.77. The Hall–Kier alpha value is -2.47. The number of carbonyl (C=O) groups is 1. The molecule has 0 atom stereocenters. The van der Waals surface area contributed by atoms with Gasteiger partial charge in [0.05, 0.1) is 6.26 Å². The van der Waals surface area contributed by atoms with Gasteiger partial charge in [0, 0.05) is 31.2 Å². The number of amides is 1. The molecular formula is C18H23ClN4O2. The van der Waals surface area contributed by atoms with Gasteiger partial charge < -0.3 is 20.4 Å². The van der Waals surface area contributed by atoms with Gasteiger partial charge in [-0.05, 0) is 37.1 Å². The Morgan fingerprint density at radius 3 is 2.64 bits per heavy atom. The Morgan fingerprint density at radius 2 is 1.92 bits per heavy atom. The van der Waals surface area contributed by atoms with E-state index in [-0.39, 0.29) is 5.91 Å². The van der Waals surface area contributed by atoms with Crippen LogP contribution in [0.5, 0.6) is 0 Å². The predicted octanol–water partition coefficient (Wildman–Crippen LogP) is 2.46. The first kappa shape index (κ1) is 18.9. The number of hydrogen-bond donors (Lipinski definition) is 3. The van der Waals surface area contributed by atoms with Crippen molar-refractivity contribution in [3.8, 4) is 0 Å². The standard InChI is InChI=1S/C18H23ClN4O2/c1-2-20-18(22-10-9-14-6-3-4-7-15(14)19)23-12-11-21-17(24)16-8-5-13-25-16/h3-8,13H,2,9-12H2,1H3,(H,21,24)(H2,20,22,23). The van der Waals surface area contributed by atoms with Gasteiger partial charge >= 0.3 is 0 Å². The highest BCUT2D eigenvalue weighted by Crippen LogP contribution is 2.15. The van der Waals surface area contributed by atoms with Crippen LogP contribution in [-0.4, -0.2) is 38.0 Å². The summed E-state index contributed by atoms with van der Waals surface area (Å²) < 4.78 is 5.04. The molecule has 1 aromatic carbocycles. The maximum Gasteiger partial charge on any atom is 0.287 e. The lowest BCUT2D eigenvalue weighted by molar-refractivity contribution is 0.0926. The third kappa shape index (κ3) is 6.51. The first-order chi connectivity index (χ1) is 12.2. The van der Waals surface area contributed by atoms with Crippen molar-refractivity contribution in [1.29, 1.82) is 0 Å². The van der Waals surface area contributed by atoms with E-state index >= 15 is 0 Å². The van der Waals surface area contributed by atoms with Gasteiger partial charge in [-0.3, -0.25) is 9.79 Å². The SMILES string of the molecule is CCNC(=NCCc1ccccc1Cl)NCCNC(=O)c1ccco1. The fourth-order valence-electron chi connectivity index (χ4n) is 2.18. The van der Waals surface area contributed by atoms with Crippen molar-refractivity contribution in [2.24, 2.45) is 4.99 Å². The molecule has 6 nitrogen and oxygen atoms in total. The van der Waals surface area contributed by atoms with E-state index in [0.717, 1.165) is 23.6 Å². The molecule has 0 saturated carbocycles. The number of benzene rings is 1. The van der Waals surface area contributed by atoms with Crippen molar-refractivity contribution >= 4 is 23.5 Å². The second-order valence-corrected chi connectivity index (χ2v) is 5.67. The van der Waals surface area contributed by atoms with E-state index in [1.807, 2.05) is 31.2 Å². The fraction of sp³-hybridized carbons (Fsp3) is 0.333. The molecule has 1 heterocycles. The largest absolute Gasteiger partial charge is 0.459 e. The van der Waals surface area contributed by atoms with Crippen LogP contribution in [0.4, 0.5) is 0 Å². The summed E-state index contributed by atoms with van der Waals surface area (Å²) in [4.78, 5) is 16.3. The smallest absolute Gasteiger partial charge is 0.287 e. The number of halogens is 1. The molecule has 0 aliphatic heterocycles. The van der Waals surface area contributed by atoms with E-state index in [0.29, 0.717) is 31.4 Å². The minimum absolute atomic E-state index is 0.229. The molecule has 3 N–H and O–H groups in total. The van der Waals surface area contributed by atoms with Gasteiger partial charge in [0.2, 0.25) is 0 Å². The number of carbonyl (C=O) groups excluding carboxylic acids is 1. The van der Waals surface area contributed by atoms with Crippen LogP contribution < -0.4 is 16.0 Å². The Labute approximate surface area is 152 Å². The van der Waals surface area contributed by atoms with Gasteiger partial charge in [0.1, 0.15) is 0 Å². The van der Waals surface area contributed by atoms with Crippen LogP contribution in [0.15, 0.2) is 52.1 Å². The van der Waals surface area contributed by atoms with E-state index in [9.17, 15) is 4.79 Å². The van der Waals surface area contributed by atoms with Gasteiger partial charge in [-0.25, -0.2) is 0 Å². The van der Waals surface area contributed by atoms with Gasteiger partial charge in [-0.1, -0.05) is 29.8 Å². The molecule has 0 aliphatic rings. The van der Waals surface area contributed by atoms with Crippen LogP contribution in [0.1, 0.15) is 23.0 Å². The summed E-state index contributed by atoms with van der Waals surface area (Å²) in [7, 11) is 0. The monoisotopic (exact) mass is 362 g/mol. The van der Waals surface area contributed by atoms with Crippen molar-refractivity contribution in [1.82, 2.24) is 16.0 Å². The second kappa shape index (κ2) is 10.4. The lowest BCUT2D eigenvalue weighted by Gasteiger charge is -2.11. The minimum atomic E-state index is -0.229. The van der Waals surface area contributed by atoms with E-state index in [2.05, 4.69) is 20.9 Å². The molecule has 0 aliphatic carbocycles. The zero-order chi connectivity index (χ0) is 17.9. The third-order valence-electron chi connectivity index (χ3n) is 3.40. The van der Waals surface area contributed by atoms with E-state index in [1.54, 1.807) is 12.1 Å². The molecule has 0 saturated heterocycles. The van der Waals surface area contributed by atoms with Crippen LogP contribution in [0.2, 0.25) is 5.02 Å². The molecule has 134 valence electrons. The van der Waals surface area contributed by atoms with E-state index < -0.39 is 0 Å². The Kier molecular flexibility index (Phi) is 7.85. The van der Waals surface area contributed by atoms with E-state index in [1.165, 1.54) is 6.26 Å². The van der Waals surface area contributed by atoms with Gasteiger partial charge in [0.15, 0.2) is 11.7 Å². The molecule has 0 spiro atoms. The Morgan fingerprint density at radius 1 is 1.12 bits per heavy atom. The van der Waals surface area contributed by atoms with Crippen molar-refractivity contribution in [2.75, 3.05) is 26.2 Å². The fourth-order valence-corrected chi connectivity index (χ4v) is 2.41. The summed E-state index contributed by atoms with van der Waals surface area (Å²) >= 11 is 6.15. The number of hydrogen-bond acceptors (Lipinski definition) is 3. The molecular weight excluding hydrogens is 340 g/mol. The normalized spacial score (nSPS) is 11.2. The number of nitrogens with zero attached hydrogens (tertiary/aromatic N) is 1. The predicted molar refractivity (Wildman–Crippen MR) is 100 cm³/mol. The van der Waals surface area contributed by atoms with E-state index in [4.69, 9.17) is 16.0 Å². The molecule has 25 heavy (non-hydrogen) atoms. The maximum absolute atomic E-state index is 11.7. The summed E-state index contributed by atoms with van der Waals surface area (Å²) in [6, 6.07) is 11.1. The van der Waals surface area contributed by atoms with Crippen LogP contribution in [0.25, 0.3) is 0 Å². The first-order valence-electron chi connectivity index (χ1n) is 8.28. The van der Waals surface area contributed by atoms with Crippen molar-refractivity contribution < 1.29 is 9.21 Å². The van der Waals surface area contributed by atoms with Crippen molar-refractivity contribution in [2.45, 2.75) is 13.3 Å². The molecule has 0 bridgehead atoms. The molecule has 7 heteroatoms. The average Bonchev–Trinajstić information content (AvgIpc) is 3.15. The Bertz CT molecular complexity index is 686. The number of aliphatic imine (C=N–C) groups is 1. The highest BCUT2D eigenvalue weighted by molar-refractivity contribution is 6.31. The lowest BCUT2D eigenvalue weighted by Crippen LogP contribution is -2.41. The van der Waals surface area contributed by atoms with Crippen molar-refractivity contribution in [3.05, 3.63) is 59.0 Å². The molecule has 0 unspecified atom stereocenters. The first-order valence-corrected chi connectivity index (χ1v) is 8.65. The highest BCUT2D eigenvalue weighted by atomic mass is 35.5. The zero-order valence-corrected chi connectivity index (χ0v) is 15.0. The maximum atomic E-state index is 11.7. The number of guanidine groups is 1. The summed E-state index contributed by atoms with van der Waals surface area (Å²) in [5.74, 6) is 0.787. The van der Waals surface area contributed by atoms with Crippen LogP contribution in [0, 0.1) is 0 Å². The molecule has 2 rings (SSSR count). The molecule has 2 aromatic rings. The Balaban J connectivity index is 1.74. The molecule has 0 radical (unpaired) electrons. The summed E-state index contributed by atoms with van der Waals surface area (Å²) in [6.45, 7) is 4.41. The van der Waals surface area contributed by atoms with Crippen LogP contribution in [0.3, 0.4) is 0 Å².